The smallest absolute Gasteiger partial charge is 0.268 e. The van der Waals surface area contributed by atoms with Crippen molar-refractivity contribution in [2.75, 3.05) is 7.11 Å². The normalized spacial score (nSPS) is 10.0. The van der Waals surface area contributed by atoms with E-state index in [1.54, 1.807) is 19.2 Å². The van der Waals surface area contributed by atoms with Crippen LogP contribution in [0.3, 0.4) is 0 Å². The van der Waals surface area contributed by atoms with Crippen LogP contribution in [0.4, 0.5) is 0 Å². The van der Waals surface area contributed by atoms with Crippen LogP contribution in [0.25, 0.3) is 0 Å². The van der Waals surface area contributed by atoms with Crippen LogP contribution in [0.2, 0.25) is 0 Å². The molecule has 0 saturated heterocycles. The fourth-order valence-corrected chi connectivity index (χ4v) is 1.84. The minimum atomic E-state index is -0.216. The fourth-order valence-electron chi connectivity index (χ4n) is 1.84. The predicted molar refractivity (Wildman–Crippen MR) is 73.5 cm³/mol. The van der Waals surface area contributed by atoms with Crippen molar-refractivity contribution in [1.29, 1.82) is 0 Å². The van der Waals surface area contributed by atoms with E-state index in [-0.39, 0.29) is 5.91 Å². The number of hydrogen-bond acceptors (Lipinski definition) is 3. The van der Waals surface area contributed by atoms with Crippen LogP contribution in [0, 0.1) is 0 Å². The zero-order valence-corrected chi connectivity index (χ0v) is 10.7. The third-order valence-corrected chi connectivity index (χ3v) is 2.81. The van der Waals surface area contributed by atoms with Gasteiger partial charge in [0.15, 0.2) is 0 Å². The topological polar surface area (TPSA) is 55.6 Å². The van der Waals surface area contributed by atoms with Crippen LogP contribution < -0.4 is 10.6 Å². The molecule has 0 atom stereocenters. The zero-order chi connectivity index (χ0) is 13.7. The second-order valence-corrected chi connectivity index (χ2v) is 4.11. The quantitative estimate of drug-likeness (QED) is 0.518. The van der Waals surface area contributed by atoms with E-state index in [1.165, 1.54) is 5.01 Å². The van der Waals surface area contributed by atoms with Crippen molar-refractivity contribution >= 4 is 5.91 Å². The first kappa shape index (κ1) is 13.1. The van der Waals surface area contributed by atoms with E-state index in [2.05, 4.69) is 0 Å². The molecule has 0 radical (unpaired) electrons. The minimum Gasteiger partial charge on any atom is -0.496 e. The molecule has 19 heavy (non-hydrogen) atoms. The van der Waals surface area contributed by atoms with E-state index >= 15 is 0 Å². The van der Waals surface area contributed by atoms with Crippen molar-refractivity contribution in [2.24, 2.45) is 5.84 Å². The molecule has 0 spiro atoms. The van der Waals surface area contributed by atoms with Crippen LogP contribution >= 0.6 is 0 Å². The molecular formula is C15H16N2O2. The Morgan fingerprint density at radius 1 is 1.11 bits per heavy atom. The monoisotopic (exact) mass is 256 g/mol. The van der Waals surface area contributed by atoms with Gasteiger partial charge in [-0.15, -0.1) is 0 Å². The van der Waals surface area contributed by atoms with Gasteiger partial charge in [-0.25, -0.2) is 5.84 Å². The van der Waals surface area contributed by atoms with Crippen molar-refractivity contribution in [3.05, 3.63) is 65.7 Å². The van der Waals surface area contributed by atoms with Gasteiger partial charge >= 0.3 is 0 Å². The summed E-state index contributed by atoms with van der Waals surface area (Å²) >= 11 is 0. The molecule has 2 aromatic carbocycles. The molecule has 0 unspecified atom stereocenters. The second-order valence-electron chi connectivity index (χ2n) is 4.11. The maximum Gasteiger partial charge on any atom is 0.268 e. The number of nitrogens with two attached hydrogens (primary N) is 1. The number of hydrazine groups is 1. The molecule has 2 aromatic rings. The third kappa shape index (κ3) is 3.11. The van der Waals surface area contributed by atoms with Gasteiger partial charge < -0.3 is 4.74 Å². The Hall–Kier alpha value is -2.33. The molecule has 2 rings (SSSR count). The van der Waals surface area contributed by atoms with E-state index in [9.17, 15) is 4.79 Å². The van der Waals surface area contributed by atoms with Crippen molar-refractivity contribution in [1.82, 2.24) is 5.01 Å². The molecule has 0 fully saturated rings. The average Bonchev–Trinajstić information content (AvgIpc) is 2.48. The summed E-state index contributed by atoms with van der Waals surface area (Å²) in [6.07, 6.45) is 0. The Balaban J connectivity index is 2.13. The molecule has 4 nitrogen and oxygen atoms in total. The molecule has 98 valence electrons. The van der Waals surface area contributed by atoms with Gasteiger partial charge in [0, 0.05) is 11.1 Å². The van der Waals surface area contributed by atoms with E-state index in [1.807, 2.05) is 42.5 Å². The van der Waals surface area contributed by atoms with Gasteiger partial charge in [-0.2, -0.15) is 0 Å². The van der Waals surface area contributed by atoms with Crippen LogP contribution in [0.5, 0.6) is 5.75 Å². The zero-order valence-electron chi connectivity index (χ0n) is 10.7. The minimum absolute atomic E-state index is 0.216. The summed E-state index contributed by atoms with van der Waals surface area (Å²) < 4.78 is 5.24. The lowest BCUT2D eigenvalue weighted by molar-refractivity contribution is 0.0742. The number of benzene rings is 2. The highest BCUT2D eigenvalue weighted by atomic mass is 16.5. The number of rotatable bonds is 4. The molecule has 0 aromatic heterocycles. The van der Waals surface area contributed by atoms with Crippen molar-refractivity contribution in [3.8, 4) is 5.75 Å². The number of carbonyl (C=O) groups is 1. The Morgan fingerprint density at radius 3 is 2.42 bits per heavy atom. The maximum absolute atomic E-state index is 12.1. The SMILES string of the molecule is COc1ccccc1CN(N)C(=O)c1ccccc1. The number of hydrogen-bond donors (Lipinski definition) is 1. The molecular weight excluding hydrogens is 240 g/mol. The summed E-state index contributed by atoms with van der Waals surface area (Å²) in [6.45, 7) is 0.303. The van der Waals surface area contributed by atoms with Crippen molar-refractivity contribution < 1.29 is 9.53 Å². The van der Waals surface area contributed by atoms with Crippen LogP contribution in [0.1, 0.15) is 15.9 Å². The standard InChI is InChI=1S/C15H16N2O2/c1-19-14-10-6-5-9-13(14)11-17(16)15(18)12-7-3-2-4-8-12/h2-10H,11,16H2,1H3. The van der Waals surface area contributed by atoms with Gasteiger partial charge in [0.05, 0.1) is 13.7 Å². The van der Waals surface area contributed by atoms with E-state index < -0.39 is 0 Å². The number of methoxy groups -OCH3 is 1. The first-order valence-electron chi connectivity index (χ1n) is 5.96. The van der Waals surface area contributed by atoms with Crippen LogP contribution in [-0.2, 0) is 6.54 Å². The number of para-hydroxylation sites is 1. The lowest BCUT2D eigenvalue weighted by atomic mass is 10.1. The largest absolute Gasteiger partial charge is 0.496 e. The lowest BCUT2D eigenvalue weighted by Gasteiger charge is -2.18. The molecule has 0 bridgehead atoms. The predicted octanol–water partition coefficient (Wildman–Crippen LogP) is 2.21. The number of amides is 1. The molecule has 2 N–H and O–H groups in total. The Labute approximate surface area is 112 Å². The Kier molecular flexibility index (Phi) is 4.15. The van der Waals surface area contributed by atoms with E-state index in [4.69, 9.17) is 10.6 Å². The Morgan fingerprint density at radius 2 is 1.74 bits per heavy atom. The summed E-state index contributed by atoms with van der Waals surface area (Å²) in [5.41, 5.74) is 1.44. The lowest BCUT2D eigenvalue weighted by Crippen LogP contribution is -2.36. The fraction of sp³-hybridized carbons (Fsp3) is 0.133. The highest BCUT2D eigenvalue weighted by Crippen LogP contribution is 2.18. The van der Waals surface area contributed by atoms with Gasteiger partial charge in [0.1, 0.15) is 5.75 Å². The van der Waals surface area contributed by atoms with Gasteiger partial charge in [0.2, 0.25) is 0 Å². The third-order valence-electron chi connectivity index (χ3n) is 2.81. The van der Waals surface area contributed by atoms with Crippen LogP contribution in [0.15, 0.2) is 54.6 Å². The number of nitrogens with zero attached hydrogens (tertiary/aromatic N) is 1. The summed E-state index contributed by atoms with van der Waals surface area (Å²) in [5.74, 6) is 6.34. The van der Waals surface area contributed by atoms with E-state index in [0.29, 0.717) is 12.1 Å². The van der Waals surface area contributed by atoms with Crippen molar-refractivity contribution in [3.63, 3.8) is 0 Å². The van der Waals surface area contributed by atoms with Gasteiger partial charge in [0.25, 0.3) is 5.91 Å². The summed E-state index contributed by atoms with van der Waals surface area (Å²) in [4.78, 5) is 12.1. The van der Waals surface area contributed by atoms with Gasteiger partial charge in [-0.05, 0) is 18.2 Å². The number of ether oxygens (including phenoxy) is 1. The molecule has 0 aliphatic carbocycles. The summed E-state index contributed by atoms with van der Waals surface area (Å²) in [7, 11) is 1.60. The molecule has 0 aliphatic heterocycles. The molecule has 1 amide bonds. The summed E-state index contributed by atoms with van der Waals surface area (Å²) in [5, 5.41) is 1.19. The second kappa shape index (κ2) is 6.02. The first-order chi connectivity index (χ1) is 9.22. The van der Waals surface area contributed by atoms with Crippen LogP contribution in [-0.4, -0.2) is 18.0 Å². The average molecular weight is 256 g/mol. The molecule has 0 aliphatic rings. The molecule has 4 heteroatoms. The summed E-state index contributed by atoms with van der Waals surface area (Å²) in [6, 6.07) is 16.5. The first-order valence-corrected chi connectivity index (χ1v) is 5.96. The molecule has 0 heterocycles. The van der Waals surface area contributed by atoms with Gasteiger partial charge in [-0.1, -0.05) is 36.4 Å². The highest BCUT2D eigenvalue weighted by Gasteiger charge is 2.13. The van der Waals surface area contributed by atoms with Crippen molar-refractivity contribution in [2.45, 2.75) is 6.54 Å². The van der Waals surface area contributed by atoms with E-state index in [0.717, 1.165) is 11.3 Å². The Bertz CT molecular complexity index is 555. The highest BCUT2D eigenvalue weighted by molar-refractivity contribution is 5.93. The maximum atomic E-state index is 12.1. The number of carbonyl (C=O) groups excluding carboxylic acids is 1. The van der Waals surface area contributed by atoms with Gasteiger partial charge in [-0.3, -0.25) is 9.80 Å². The molecule has 0 saturated carbocycles.